The normalized spacial score (nSPS) is 11.5. The third-order valence-corrected chi connectivity index (χ3v) is 7.45. The molecule has 0 aromatic heterocycles. The molecule has 0 aliphatic heterocycles. The number of hydrogen-bond acceptors (Lipinski definition) is 3. The van der Waals surface area contributed by atoms with Crippen LogP contribution < -0.4 is 0 Å². The van der Waals surface area contributed by atoms with Crippen molar-refractivity contribution in [3.8, 4) is 11.5 Å². The molecule has 0 fully saturated rings. The van der Waals surface area contributed by atoms with Gasteiger partial charge in [-0.25, -0.2) is 0 Å². The fourth-order valence-electron chi connectivity index (χ4n) is 5.13. The fraction of sp³-hybridized carbons (Fsp3) is 0.0625. The summed E-state index contributed by atoms with van der Waals surface area (Å²) >= 11 is 4.95. The van der Waals surface area contributed by atoms with Gasteiger partial charge in [-0.05, 0) is 56.3 Å². The van der Waals surface area contributed by atoms with Gasteiger partial charge in [-0.2, -0.15) is 0 Å². The van der Waals surface area contributed by atoms with Gasteiger partial charge in [0.05, 0.1) is 0 Å². The first-order valence-electron chi connectivity index (χ1n) is 11.7. The van der Waals surface area contributed by atoms with Crippen molar-refractivity contribution in [2.75, 3.05) is 0 Å². The molecule has 0 radical (unpaired) electrons. The Morgan fingerprint density at radius 1 is 0.486 bits per heavy atom. The largest absolute Gasteiger partial charge is 0.507 e. The maximum Gasteiger partial charge on any atom is 0.126 e. The molecular formula is C32H24O2S. The van der Waals surface area contributed by atoms with Crippen LogP contribution in [0.3, 0.4) is 0 Å². The van der Waals surface area contributed by atoms with Crippen LogP contribution in [0.25, 0.3) is 32.3 Å². The standard InChI is InChI=1S/C32H24O2S/c33-30-16-15-21(25-8-3-5-11-28(25)30)17-24-19-23(26-9-4-6-12-29(26)32(24)35)18-22-14-13-20-7-1-2-10-27(20)31(22)34/h1-16,19,33-35H,17-18H2. The predicted molar refractivity (Wildman–Crippen MR) is 148 cm³/mol. The smallest absolute Gasteiger partial charge is 0.126 e. The Morgan fingerprint density at radius 3 is 1.83 bits per heavy atom. The minimum atomic E-state index is 0.293. The molecule has 0 amide bonds. The Bertz CT molecular complexity index is 1740. The molecule has 2 nitrogen and oxygen atoms in total. The van der Waals surface area contributed by atoms with Crippen LogP contribution in [0.4, 0.5) is 0 Å². The Labute approximate surface area is 209 Å². The van der Waals surface area contributed by atoms with E-state index >= 15 is 0 Å². The lowest BCUT2D eigenvalue weighted by atomic mass is 9.91. The van der Waals surface area contributed by atoms with Crippen LogP contribution in [-0.4, -0.2) is 10.2 Å². The highest BCUT2D eigenvalue weighted by atomic mass is 32.1. The molecule has 6 aromatic carbocycles. The van der Waals surface area contributed by atoms with Crippen molar-refractivity contribution in [3.63, 3.8) is 0 Å². The van der Waals surface area contributed by atoms with Crippen molar-refractivity contribution in [2.24, 2.45) is 0 Å². The molecule has 0 spiro atoms. The molecule has 0 aliphatic carbocycles. The lowest BCUT2D eigenvalue weighted by molar-refractivity contribution is 0.476. The molecular weight excluding hydrogens is 448 g/mol. The van der Waals surface area contributed by atoms with Crippen LogP contribution in [0.1, 0.15) is 22.3 Å². The lowest BCUT2D eigenvalue weighted by Crippen LogP contribution is -1.98. The summed E-state index contributed by atoms with van der Waals surface area (Å²) in [5.41, 5.74) is 4.32. The number of phenols is 2. The van der Waals surface area contributed by atoms with Crippen LogP contribution >= 0.6 is 12.6 Å². The topological polar surface area (TPSA) is 40.5 Å². The summed E-state index contributed by atoms with van der Waals surface area (Å²) in [6.07, 6.45) is 1.32. The van der Waals surface area contributed by atoms with E-state index in [-0.39, 0.29) is 0 Å². The molecule has 6 aromatic rings. The molecule has 0 atom stereocenters. The van der Waals surface area contributed by atoms with Crippen LogP contribution in [0.15, 0.2) is 108 Å². The van der Waals surface area contributed by atoms with Crippen molar-refractivity contribution in [1.82, 2.24) is 0 Å². The van der Waals surface area contributed by atoms with Gasteiger partial charge in [0.1, 0.15) is 11.5 Å². The highest BCUT2D eigenvalue weighted by Gasteiger charge is 2.15. The summed E-state index contributed by atoms with van der Waals surface area (Å²) in [6.45, 7) is 0. The zero-order chi connectivity index (χ0) is 23.9. The number of thiol groups is 1. The van der Waals surface area contributed by atoms with E-state index in [1.54, 1.807) is 6.07 Å². The Morgan fingerprint density at radius 2 is 1.06 bits per heavy atom. The van der Waals surface area contributed by atoms with Gasteiger partial charge in [-0.1, -0.05) is 97.1 Å². The molecule has 0 saturated carbocycles. The van der Waals surface area contributed by atoms with Gasteiger partial charge in [0.25, 0.3) is 0 Å². The second kappa shape index (κ2) is 8.68. The molecule has 0 unspecified atom stereocenters. The molecule has 0 bridgehead atoms. The summed E-state index contributed by atoms with van der Waals surface area (Å²) in [6, 6.07) is 34.3. The van der Waals surface area contributed by atoms with E-state index in [0.29, 0.717) is 24.3 Å². The van der Waals surface area contributed by atoms with Gasteiger partial charge in [-0.3, -0.25) is 0 Å². The first-order valence-corrected chi connectivity index (χ1v) is 12.2. The molecule has 0 saturated heterocycles. The second-order valence-corrected chi connectivity index (χ2v) is 9.47. The third-order valence-electron chi connectivity index (χ3n) is 6.92. The number of hydrogen-bond donors (Lipinski definition) is 3. The van der Waals surface area contributed by atoms with Crippen molar-refractivity contribution >= 4 is 44.9 Å². The maximum absolute atomic E-state index is 11.0. The lowest BCUT2D eigenvalue weighted by Gasteiger charge is -2.16. The van der Waals surface area contributed by atoms with Gasteiger partial charge < -0.3 is 10.2 Å². The summed E-state index contributed by atoms with van der Waals surface area (Å²) in [5, 5.41) is 27.4. The summed E-state index contributed by atoms with van der Waals surface area (Å²) in [7, 11) is 0. The zero-order valence-corrected chi connectivity index (χ0v) is 20.0. The van der Waals surface area contributed by atoms with Crippen LogP contribution in [0.2, 0.25) is 0 Å². The SMILES string of the molecule is Oc1c(Cc2cc(Cc3ccc(O)c4ccccc34)c(S)c3ccccc23)ccc2ccccc12. The molecule has 3 heteroatoms. The van der Waals surface area contributed by atoms with Gasteiger partial charge in [-0.15, -0.1) is 12.6 Å². The van der Waals surface area contributed by atoms with Crippen molar-refractivity contribution in [3.05, 3.63) is 125 Å². The highest BCUT2D eigenvalue weighted by Crippen LogP contribution is 2.36. The van der Waals surface area contributed by atoms with Crippen molar-refractivity contribution in [1.29, 1.82) is 0 Å². The van der Waals surface area contributed by atoms with Crippen molar-refractivity contribution in [2.45, 2.75) is 17.7 Å². The maximum atomic E-state index is 11.0. The van der Waals surface area contributed by atoms with E-state index in [9.17, 15) is 10.2 Å². The highest BCUT2D eigenvalue weighted by molar-refractivity contribution is 7.80. The quantitative estimate of drug-likeness (QED) is 0.227. The Balaban J connectivity index is 1.49. The van der Waals surface area contributed by atoms with Gasteiger partial charge in [0.15, 0.2) is 0 Å². The molecule has 170 valence electrons. The monoisotopic (exact) mass is 472 g/mol. The first-order chi connectivity index (χ1) is 17.1. The number of fused-ring (bicyclic) bond motifs is 3. The minimum absolute atomic E-state index is 0.293. The zero-order valence-electron chi connectivity index (χ0n) is 19.1. The predicted octanol–water partition coefficient (Wildman–Crippen LogP) is 8.03. The number of rotatable bonds is 4. The number of phenolic OH excluding ortho intramolecular Hbond substituents is 2. The number of benzene rings is 6. The van der Waals surface area contributed by atoms with Crippen LogP contribution in [-0.2, 0) is 12.8 Å². The molecule has 0 aliphatic rings. The second-order valence-electron chi connectivity index (χ2n) is 9.03. The Hall–Kier alpha value is -3.95. The summed E-state index contributed by atoms with van der Waals surface area (Å²) in [5.74, 6) is 0.634. The first kappa shape index (κ1) is 21.6. The van der Waals surface area contributed by atoms with Gasteiger partial charge >= 0.3 is 0 Å². The molecule has 0 heterocycles. The Kier molecular flexibility index (Phi) is 5.35. The minimum Gasteiger partial charge on any atom is -0.507 e. The molecule has 6 rings (SSSR count). The van der Waals surface area contributed by atoms with Gasteiger partial charge in [0, 0.05) is 22.1 Å². The summed E-state index contributed by atoms with van der Waals surface area (Å²) in [4.78, 5) is 0.962. The average molecular weight is 473 g/mol. The van der Waals surface area contributed by atoms with E-state index in [1.165, 1.54) is 0 Å². The number of aromatic hydroxyl groups is 2. The molecule has 2 N–H and O–H groups in total. The van der Waals surface area contributed by atoms with Crippen molar-refractivity contribution < 1.29 is 10.2 Å². The molecule has 35 heavy (non-hydrogen) atoms. The van der Waals surface area contributed by atoms with Crippen LogP contribution in [0, 0.1) is 0 Å². The van der Waals surface area contributed by atoms with E-state index < -0.39 is 0 Å². The van der Waals surface area contributed by atoms with E-state index in [4.69, 9.17) is 12.6 Å². The average Bonchev–Trinajstić information content (AvgIpc) is 2.90. The third kappa shape index (κ3) is 3.78. The van der Waals surface area contributed by atoms with E-state index in [0.717, 1.165) is 59.5 Å². The van der Waals surface area contributed by atoms with Crippen LogP contribution in [0.5, 0.6) is 11.5 Å². The van der Waals surface area contributed by atoms with E-state index in [1.807, 2.05) is 66.7 Å². The fourth-order valence-corrected chi connectivity index (χ4v) is 5.47. The summed E-state index contributed by atoms with van der Waals surface area (Å²) < 4.78 is 0. The van der Waals surface area contributed by atoms with Gasteiger partial charge in [0.2, 0.25) is 0 Å². The van der Waals surface area contributed by atoms with E-state index in [2.05, 4.69) is 30.3 Å².